The molecule has 0 radical (unpaired) electrons. The predicted octanol–water partition coefficient (Wildman–Crippen LogP) is 4.90. The Morgan fingerprint density at radius 3 is 2.43 bits per heavy atom. The summed E-state index contributed by atoms with van der Waals surface area (Å²) in [5, 5.41) is 12.3. The summed E-state index contributed by atoms with van der Waals surface area (Å²) in [5.74, 6) is 0. The predicted molar refractivity (Wildman–Crippen MR) is 88.2 cm³/mol. The van der Waals surface area contributed by atoms with Gasteiger partial charge >= 0.3 is 0 Å². The molecule has 2 nitrogen and oxygen atoms in total. The fraction of sp³-hybridized carbons (Fsp3) is 0.0556. The molecule has 0 aliphatic carbocycles. The molecular formula is C18H14N2S. The highest BCUT2D eigenvalue weighted by atomic mass is 32.1. The normalized spacial score (nSPS) is 10.0. The molecule has 0 unspecified atom stereocenters. The summed E-state index contributed by atoms with van der Waals surface area (Å²) in [4.78, 5) is 1.91. The van der Waals surface area contributed by atoms with Crippen LogP contribution in [0.5, 0.6) is 0 Å². The highest BCUT2D eigenvalue weighted by molar-refractivity contribution is 7.12. The van der Waals surface area contributed by atoms with Crippen LogP contribution < -0.4 is 5.32 Å². The highest BCUT2D eigenvalue weighted by Gasteiger charge is 2.05. The van der Waals surface area contributed by atoms with Crippen molar-refractivity contribution >= 4 is 17.0 Å². The Morgan fingerprint density at radius 2 is 1.67 bits per heavy atom. The number of rotatable bonds is 4. The Kier molecular flexibility index (Phi) is 3.99. The summed E-state index contributed by atoms with van der Waals surface area (Å²) < 4.78 is 0. The summed E-state index contributed by atoms with van der Waals surface area (Å²) in [5.41, 5.74) is 3.50. The van der Waals surface area contributed by atoms with Crippen molar-refractivity contribution < 1.29 is 0 Å². The Bertz CT molecular complexity index is 769. The van der Waals surface area contributed by atoms with Crippen molar-refractivity contribution in [3.63, 3.8) is 0 Å². The number of thiophene rings is 1. The molecule has 1 aromatic heterocycles. The van der Waals surface area contributed by atoms with Gasteiger partial charge in [0.15, 0.2) is 0 Å². The molecule has 2 aromatic carbocycles. The van der Waals surface area contributed by atoms with E-state index in [9.17, 15) is 0 Å². The second-order valence-corrected chi connectivity index (χ2v) is 5.81. The van der Waals surface area contributed by atoms with Gasteiger partial charge in [-0.2, -0.15) is 5.26 Å². The lowest BCUT2D eigenvalue weighted by Crippen LogP contribution is -1.99. The lowest BCUT2D eigenvalue weighted by molar-refractivity contribution is 1.19. The van der Waals surface area contributed by atoms with Gasteiger partial charge in [0.1, 0.15) is 10.9 Å². The molecule has 0 bridgehead atoms. The highest BCUT2D eigenvalue weighted by Crippen LogP contribution is 2.28. The number of hydrogen-bond acceptors (Lipinski definition) is 3. The van der Waals surface area contributed by atoms with E-state index in [0.717, 1.165) is 22.0 Å². The van der Waals surface area contributed by atoms with Crippen LogP contribution in [0, 0.1) is 11.3 Å². The molecule has 0 saturated carbocycles. The Hall–Kier alpha value is -2.57. The zero-order valence-corrected chi connectivity index (χ0v) is 12.2. The molecule has 102 valence electrons. The van der Waals surface area contributed by atoms with E-state index in [1.165, 1.54) is 22.5 Å². The van der Waals surface area contributed by atoms with Gasteiger partial charge in [-0.3, -0.25) is 0 Å². The van der Waals surface area contributed by atoms with Gasteiger partial charge in [0.2, 0.25) is 0 Å². The second kappa shape index (κ2) is 6.25. The maximum absolute atomic E-state index is 8.87. The van der Waals surface area contributed by atoms with Crippen molar-refractivity contribution in [2.24, 2.45) is 0 Å². The first-order valence-electron chi connectivity index (χ1n) is 6.74. The monoisotopic (exact) mass is 290 g/mol. The molecule has 0 amide bonds. The number of anilines is 1. The molecule has 0 saturated heterocycles. The fourth-order valence-corrected chi connectivity index (χ4v) is 2.97. The smallest absolute Gasteiger partial charge is 0.110 e. The number of nitrogens with zero attached hydrogens (tertiary/aromatic N) is 1. The van der Waals surface area contributed by atoms with Crippen LogP contribution in [0.1, 0.15) is 9.75 Å². The van der Waals surface area contributed by atoms with E-state index in [4.69, 9.17) is 5.26 Å². The van der Waals surface area contributed by atoms with Crippen LogP contribution in [-0.2, 0) is 6.54 Å². The first-order chi connectivity index (χ1) is 10.4. The van der Waals surface area contributed by atoms with Crippen molar-refractivity contribution in [1.29, 1.82) is 5.26 Å². The zero-order valence-electron chi connectivity index (χ0n) is 11.4. The second-order valence-electron chi connectivity index (χ2n) is 4.64. The van der Waals surface area contributed by atoms with Crippen LogP contribution in [0.2, 0.25) is 0 Å². The van der Waals surface area contributed by atoms with Gasteiger partial charge in [0, 0.05) is 22.7 Å². The van der Waals surface area contributed by atoms with E-state index in [1.807, 2.05) is 42.5 Å². The summed E-state index contributed by atoms with van der Waals surface area (Å²) in [7, 11) is 0. The van der Waals surface area contributed by atoms with Gasteiger partial charge < -0.3 is 5.32 Å². The van der Waals surface area contributed by atoms with Crippen LogP contribution in [-0.4, -0.2) is 0 Å². The molecule has 21 heavy (non-hydrogen) atoms. The first-order valence-corrected chi connectivity index (χ1v) is 7.55. The number of nitrogens with one attached hydrogen (secondary N) is 1. The van der Waals surface area contributed by atoms with Gasteiger partial charge in [-0.1, -0.05) is 48.5 Å². The maximum Gasteiger partial charge on any atom is 0.110 e. The fourth-order valence-electron chi connectivity index (χ4n) is 2.22. The van der Waals surface area contributed by atoms with E-state index < -0.39 is 0 Å². The molecule has 0 aliphatic rings. The van der Waals surface area contributed by atoms with Crippen LogP contribution >= 0.6 is 11.3 Å². The molecule has 1 heterocycles. The Labute approximate surface area is 128 Å². The van der Waals surface area contributed by atoms with Crippen LogP contribution in [0.15, 0.2) is 66.7 Å². The summed E-state index contributed by atoms with van der Waals surface area (Å²) in [6.07, 6.45) is 0. The van der Waals surface area contributed by atoms with Crippen molar-refractivity contribution in [2.45, 2.75) is 6.54 Å². The van der Waals surface area contributed by atoms with E-state index in [-0.39, 0.29) is 0 Å². The molecule has 3 heteroatoms. The van der Waals surface area contributed by atoms with Crippen molar-refractivity contribution in [3.05, 3.63) is 76.5 Å². The minimum absolute atomic E-state index is 0.732. The number of benzene rings is 2. The lowest BCUT2D eigenvalue weighted by atomic mass is 10.0. The van der Waals surface area contributed by atoms with E-state index in [2.05, 4.69) is 35.7 Å². The third kappa shape index (κ3) is 3.13. The quantitative estimate of drug-likeness (QED) is 0.742. The average molecular weight is 290 g/mol. The van der Waals surface area contributed by atoms with E-state index in [0.29, 0.717) is 0 Å². The Balaban J connectivity index is 1.81. The molecule has 3 rings (SSSR count). The SMILES string of the molecule is N#Cc1ccc(CNc2ccccc2-c2ccccc2)s1. The molecule has 0 atom stereocenters. The lowest BCUT2D eigenvalue weighted by Gasteiger charge is -2.11. The molecule has 0 spiro atoms. The van der Waals surface area contributed by atoms with E-state index in [1.54, 1.807) is 0 Å². The molecule has 0 fully saturated rings. The third-order valence-corrected chi connectivity index (χ3v) is 4.23. The third-order valence-electron chi connectivity index (χ3n) is 3.24. The minimum atomic E-state index is 0.732. The van der Waals surface area contributed by atoms with E-state index >= 15 is 0 Å². The van der Waals surface area contributed by atoms with Crippen molar-refractivity contribution in [2.75, 3.05) is 5.32 Å². The van der Waals surface area contributed by atoms with Gasteiger partial charge in [-0.25, -0.2) is 0 Å². The Morgan fingerprint density at radius 1 is 0.905 bits per heavy atom. The first kappa shape index (κ1) is 13.4. The number of para-hydroxylation sites is 1. The number of nitriles is 1. The summed E-state index contributed by atoms with van der Waals surface area (Å²) in [6, 6.07) is 24.7. The number of hydrogen-bond donors (Lipinski definition) is 1. The molecule has 1 N–H and O–H groups in total. The minimum Gasteiger partial charge on any atom is -0.380 e. The topological polar surface area (TPSA) is 35.8 Å². The maximum atomic E-state index is 8.87. The molecule has 3 aromatic rings. The van der Waals surface area contributed by atoms with Crippen LogP contribution in [0.3, 0.4) is 0 Å². The largest absolute Gasteiger partial charge is 0.380 e. The molecule has 0 aliphatic heterocycles. The summed E-state index contributed by atoms with van der Waals surface area (Å²) in [6.45, 7) is 0.732. The van der Waals surface area contributed by atoms with Crippen molar-refractivity contribution in [3.8, 4) is 17.2 Å². The standard InChI is InChI=1S/C18H14N2S/c19-12-15-10-11-16(21-15)13-20-18-9-5-4-8-17(18)14-6-2-1-3-7-14/h1-11,20H,13H2. The van der Waals surface area contributed by atoms with Gasteiger partial charge in [0.25, 0.3) is 0 Å². The average Bonchev–Trinajstić information content (AvgIpc) is 3.02. The van der Waals surface area contributed by atoms with Crippen molar-refractivity contribution in [1.82, 2.24) is 0 Å². The zero-order chi connectivity index (χ0) is 14.5. The summed E-state index contributed by atoms with van der Waals surface area (Å²) >= 11 is 1.53. The van der Waals surface area contributed by atoms with Gasteiger partial charge in [0.05, 0.1) is 0 Å². The van der Waals surface area contributed by atoms with Crippen LogP contribution in [0.25, 0.3) is 11.1 Å². The van der Waals surface area contributed by atoms with Crippen LogP contribution in [0.4, 0.5) is 5.69 Å². The van der Waals surface area contributed by atoms with Gasteiger partial charge in [-0.15, -0.1) is 11.3 Å². The molecular weight excluding hydrogens is 276 g/mol. The van der Waals surface area contributed by atoms with Gasteiger partial charge in [-0.05, 0) is 23.8 Å².